The number of carbonyl (C=O) groups is 1. The molecule has 2 rings (SSSR count). The van der Waals surface area contributed by atoms with Gasteiger partial charge in [-0.3, -0.25) is 9.78 Å². The van der Waals surface area contributed by atoms with Gasteiger partial charge in [0, 0.05) is 11.8 Å². The zero-order chi connectivity index (χ0) is 16.8. The lowest BCUT2D eigenvalue weighted by Crippen LogP contribution is -2.21. The summed E-state index contributed by atoms with van der Waals surface area (Å²) in [4.78, 5) is 16.0. The van der Waals surface area contributed by atoms with Crippen molar-refractivity contribution in [2.45, 2.75) is 33.3 Å². The van der Waals surface area contributed by atoms with Crippen molar-refractivity contribution in [3.05, 3.63) is 53.3 Å². The molecule has 1 aromatic carbocycles. The van der Waals surface area contributed by atoms with Crippen molar-refractivity contribution in [2.75, 3.05) is 11.9 Å². The quantitative estimate of drug-likeness (QED) is 0.860. The van der Waals surface area contributed by atoms with Gasteiger partial charge in [-0.1, -0.05) is 26.0 Å². The Morgan fingerprint density at radius 3 is 2.83 bits per heavy atom. The fourth-order valence-electron chi connectivity index (χ4n) is 2.13. The van der Waals surface area contributed by atoms with Crippen molar-refractivity contribution in [2.24, 2.45) is 0 Å². The van der Waals surface area contributed by atoms with Gasteiger partial charge in [-0.05, 0) is 36.1 Å². The average molecular weight is 314 g/mol. The van der Waals surface area contributed by atoms with Crippen LogP contribution in [0.4, 0.5) is 5.69 Å². The summed E-state index contributed by atoms with van der Waals surface area (Å²) >= 11 is 0. The second kappa shape index (κ2) is 7.74. The highest BCUT2D eigenvalue weighted by Crippen LogP contribution is 2.24. The largest absolute Gasteiger partial charge is 0.483 e. The van der Waals surface area contributed by atoms with Gasteiger partial charge < -0.3 is 15.2 Å². The molecule has 0 saturated heterocycles. The van der Waals surface area contributed by atoms with E-state index in [2.05, 4.69) is 30.2 Å². The predicted octanol–water partition coefficient (Wildman–Crippen LogP) is 3.02. The first kappa shape index (κ1) is 17.0. The molecular weight excluding hydrogens is 292 g/mol. The Hall–Kier alpha value is -2.40. The van der Waals surface area contributed by atoms with Gasteiger partial charge >= 0.3 is 0 Å². The van der Waals surface area contributed by atoms with Gasteiger partial charge in [0.25, 0.3) is 5.91 Å². The molecule has 23 heavy (non-hydrogen) atoms. The number of hydrogen-bond acceptors (Lipinski definition) is 4. The molecule has 5 heteroatoms. The highest BCUT2D eigenvalue weighted by Gasteiger charge is 2.10. The third kappa shape index (κ3) is 4.53. The Balaban J connectivity index is 2.00. The summed E-state index contributed by atoms with van der Waals surface area (Å²) in [6.45, 7) is 5.92. The van der Waals surface area contributed by atoms with Crippen molar-refractivity contribution in [3.8, 4) is 5.75 Å². The highest BCUT2D eigenvalue weighted by atomic mass is 16.5. The van der Waals surface area contributed by atoms with Crippen molar-refractivity contribution in [3.63, 3.8) is 0 Å². The summed E-state index contributed by atoms with van der Waals surface area (Å²) in [5.41, 5.74) is 3.27. The van der Waals surface area contributed by atoms with Gasteiger partial charge in [0.05, 0.1) is 18.5 Å². The minimum atomic E-state index is -0.290. The maximum Gasteiger partial charge on any atom is 0.262 e. The minimum absolute atomic E-state index is 0.0951. The van der Waals surface area contributed by atoms with Crippen LogP contribution in [0.5, 0.6) is 5.75 Å². The number of rotatable bonds is 6. The van der Waals surface area contributed by atoms with Crippen LogP contribution in [0.15, 0.2) is 36.7 Å². The third-order valence-corrected chi connectivity index (χ3v) is 3.59. The number of benzene rings is 1. The standard InChI is InChI=1S/C18H22N2O3/c1-12(2)14-5-4-13(3)17(8-14)23-11-18(22)20-16-9-19-7-6-15(16)10-21/h4-9,12,21H,10-11H2,1-3H3,(H,20,22). The number of aryl methyl sites for hydroxylation is 1. The Morgan fingerprint density at radius 2 is 2.13 bits per heavy atom. The molecule has 1 heterocycles. The number of pyridine rings is 1. The fraction of sp³-hybridized carbons (Fsp3) is 0.333. The highest BCUT2D eigenvalue weighted by molar-refractivity contribution is 5.92. The van der Waals surface area contributed by atoms with Gasteiger partial charge in [-0.25, -0.2) is 0 Å². The Morgan fingerprint density at radius 1 is 1.35 bits per heavy atom. The van der Waals surface area contributed by atoms with E-state index in [0.29, 0.717) is 22.9 Å². The number of nitrogens with zero attached hydrogens (tertiary/aromatic N) is 1. The van der Waals surface area contributed by atoms with E-state index in [1.54, 1.807) is 12.3 Å². The number of hydrogen-bond donors (Lipinski definition) is 2. The summed E-state index contributed by atoms with van der Waals surface area (Å²) in [6.07, 6.45) is 3.08. The Bertz CT molecular complexity index is 684. The van der Waals surface area contributed by atoms with Crippen LogP contribution in [0, 0.1) is 6.92 Å². The number of aliphatic hydroxyl groups excluding tert-OH is 1. The van der Waals surface area contributed by atoms with Gasteiger partial charge in [-0.15, -0.1) is 0 Å². The summed E-state index contributed by atoms with van der Waals surface area (Å²) in [5, 5.41) is 11.9. The van der Waals surface area contributed by atoms with Crippen LogP contribution in [0.2, 0.25) is 0 Å². The molecule has 122 valence electrons. The molecule has 0 saturated carbocycles. The Labute approximate surface area is 136 Å². The second-order valence-corrected chi connectivity index (χ2v) is 5.71. The lowest BCUT2D eigenvalue weighted by atomic mass is 10.0. The van der Waals surface area contributed by atoms with Gasteiger partial charge in [-0.2, -0.15) is 0 Å². The van der Waals surface area contributed by atoms with Crippen LogP contribution in [0.3, 0.4) is 0 Å². The zero-order valence-electron chi connectivity index (χ0n) is 13.7. The minimum Gasteiger partial charge on any atom is -0.483 e. The maximum atomic E-state index is 12.0. The van der Waals surface area contributed by atoms with E-state index in [-0.39, 0.29) is 19.1 Å². The summed E-state index contributed by atoms with van der Waals surface area (Å²) in [7, 11) is 0. The van der Waals surface area contributed by atoms with E-state index in [1.807, 2.05) is 19.1 Å². The predicted molar refractivity (Wildman–Crippen MR) is 89.6 cm³/mol. The summed E-state index contributed by atoms with van der Waals surface area (Å²) < 4.78 is 5.64. The van der Waals surface area contributed by atoms with E-state index in [0.717, 1.165) is 5.56 Å². The molecule has 1 amide bonds. The molecule has 5 nitrogen and oxygen atoms in total. The first-order valence-electron chi connectivity index (χ1n) is 7.58. The number of carbonyl (C=O) groups excluding carboxylic acids is 1. The SMILES string of the molecule is Cc1ccc(C(C)C)cc1OCC(=O)Nc1cnccc1CO. The van der Waals surface area contributed by atoms with Crippen LogP contribution in [-0.2, 0) is 11.4 Å². The topological polar surface area (TPSA) is 71.5 Å². The van der Waals surface area contributed by atoms with Crippen LogP contribution in [0.1, 0.15) is 36.5 Å². The van der Waals surface area contributed by atoms with E-state index in [9.17, 15) is 9.90 Å². The normalized spacial score (nSPS) is 10.7. The molecule has 0 fully saturated rings. The number of nitrogens with one attached hydrogen (secondary N) is 1. The van der Waals surface area contributed by atoms with E-state index >= 15 is 0 Å². The monoisotopic (exact) mass is 314 g/mol. The van der Waals surface area contributed by atoms with Crippen molar-refractivity contribution in [1.82, 2.24) is 4.98 Å². The van der Waals surface area contributed by atoms with Crippen LogP contribution in [0.25, 0.3) is 0 Å². The molecule has 2 N–H and O–H groups in total. The maximum absolute atomic E-state index is 12.0. The van der Waals surface area contributed by atoms with Gasteiger partial charge in [0.15, 0.2) is 6.61 Å². The summed E-state index contributed by atoms with van der Waals surface area (Å²) in [5.74, 6) is 0.816. The van der Waals surface area contributed by atoms with E-state index < -0.39 is 0 Å². The average Bonchev–Trinajstić information content (AvgIpc) is 2.54. The molecule has 2 aromatic rings. The molecule has 0 radical (unpaired) electrons. The van der Waals surface area contributed by atoms with Crippen molar-refractivity contribution >= 4 is 11.6 Å². The second-order valence-electron chi connectivity index (χ2n) is 5.71. The molecule has 0 aliphatic heterocycles. The van der Waals surface area contributed by atoms with Crippen molar-refractivity contribution in [1.29, 1.82) is 0 Å². The lowest BCUT2D eigenvalue weighted by molar-refractivity contribution is -0.118. The zero-order valence-corrected chi connectivity index (χ0v) is 13.7. The van der Waals surface area contributed by atoms with Crippen LogP contribution < -0.4 is 10.1 Å². The van der Waals surface area contributed by atoms with E-state index in [4.69, 9.17) is 4.74 Å². The van der Waals surface area contributed by atoms with Crippen LogP contribution >= 0.6 is 0 Å². The fourth-order valence-corrected chi connectivity index (χ4v) is 2.13. The number of amides is 1. The molecule has 0 spiro atoms. The Kier molecular flexibility index (Phi) is 5.71. The number of ether oxygens (including phenoxy) is 1. The molecule has 0 aliphatic carbocycles. The van der Waals surface area contributed by atoms with E-state index in [1.165, 1.54) is 11.8 Å². The molecule has 0 bridgehead atoms. The first-order chi connectivity index (χ1) is 11.0. The van der Waals surface area contributed by atoms with Gasteiger partial charge in [0.1, 0.15) is 5.75 Å². The smallest absolute Gasteiger partial charge is 0.262 e. The lowest BCUT2D eigenvalue weighted by Gasteiger charge is -2.13. The number of aromatic nitrogens is 1. The third-order valence-electron chi connectivity index (χ3n) is 3.59. The molecular formula is C18H22N2O3. The molecule has 0 aliphatic rings. The molecule has 0 atom stereocenters. The first-order valence-corrected chi connectivity index (χ1v) is 7.58. The van der Waals surface area contributed by atoms with Gasteiger partial charge in [0.2, 0.25) is 0 Å². The van der Waals surface area contributed by atoms with Crippen LogP contribution in [-0.4, -0.2) is 22.6 Å². The molecule has 1 aromatic heterocycles. The number of anilines is 1. The summed E-state index contributed by atoms with van der Waals surface area (Å²) in [6, 6.07) is 7.69. The molecule has 0 unspecified atom stereocenters. The number of aliphatic hydroxyl groups is 1. The van der Waals surface area contributed by atoms with Crippen molar-refractivity contribution < 1.29 is 14.6 Å².